The van der Waals surface area contributed by atoms with Crippen molar-refractivity contribution in [3.05, 3.63) is 35.9 Å². The van der Waals surface area contributed by atoms with Gasteiger partial charge in [-0.2, -0.15) is 0 Å². The SMILES string of the molecule is COC(=O)[C@H](CO)NC(=O)[C@H](CCCCNC(=O)OCc1ccccc1)NC(=O)[C@H](C)N. The maximum Gasteiger partial charge on any atom is 0.407 e. The number of hydrogen-bond acceptors (Lipinski definition) is 8. The van der Waals surface area contributed by atoms with Crippen LogP contribution in [-0.4, -0.2) is 67.4 Å². The first-order valence-electron chi connectivity index (χ1n) is 10.3. The number of aliphatic hydroxyl groups is 1. The van der Waals surface area contributed by atoms with Gasteiger partial charge >= 0.3 is 12.1 Å². The predicted octanol–water partition coefficient (Wildman–Crippen LogP) is -0.435. The van der Waals surface area contributed by atoms with Crippen molar-refractivity contribution in [2.45, 2.75) is 50.9 Å². The molecule has 1 aromatic rings. The van der Waals surface area contributed by atoms with Gasteiger partial charge in [0.2, 0.25) is 11.8 Å². The Kier molecular flexibility index (Phi) is 12.4. The highest BCUT2D eigenvalue weighted by molar-refractivity contribution is 5.91. The van der Waals surface area contributed by atoms with E-state index in [4.69, 9.17) is 10.5 Å². The maximum absolute atomic E-state index is 12.5. The number of nitrogens with two attached hydrogens (primary N) is 1. The number of carbonyl (C=O) groups is 4. The number of alkyl carbamates (subject to hydrolysis) is 1. The van der Waals surface area contributed by atoms with E-state index in [1.54, 1.807) is 0 Å². The minimum absolute atomic E-state index is 0.157. The number of unbranched alkanes of at least 4 members (excludes halogenated alkanes) is 1. The average Bonchev–Trinajstić information content (AvgIpc) is 2.79. The topological polar surface area (TPSA) is 169 Å². The maximum atomic E-state index is 12.5. The van der Waals surface area contributed by atoms with E-state index in [1.165, 1.54) is 6.92 Å². The summed E-state index contributed by atoms with van der Waals surface area (Å²) < 4.78 is 9.62. The molecule has 11 heteroatoms. The van der Waals surface area contributed by atoms with Gasteiger partial charge < -0.3 is 36.3 Å². The molecule has 0 heterocycles. The molecule has 1 aromatic carbocycles. The van der Waals surface area contributed by atoms with Crippen LogP contribution in [0.1, 0.15) is 31.7 Å². The molecule has 0 saturated carbocycles. The predicted molar refractivity (Wildman–Crippen MR) is 115 cm³/mol. The molecule has 1 rings (SSSR count). The molecule has 0 aliphatic rings. The monoisotopic (exact) mass is 452 g/mol. The smallest absolute Gasteiger partial charge is 0.407 e. The van der Waals surface area contributed by atoms with Crippen molar-refractivity contribution in [1.82, 2.24) is 16.0 Å². The fraction of sp³-hybridized carbons (Fsp3) is 0.524. The van der Waals surface area contributed by atoms with Gasteiger partial charge in [-0.25, -0.2) is 9.59 Å². The van der Waals surface area contributed by atoms with Crippen LogP contribution in [0, 0.1) is 0 Å². The van der Waals surface area contributed by atoms with Crippen LogP contribution in [0.25, 0.3) is 0 Å². The van der Waals surface area contributed by atoms with Gasteiger partial charge in [0, 0.05) is 6.54 Å². The fourth-order valence-electron chi connectivity index (χ4n) is 2.60. The summed E-state index contributed by atoms with van der Waals surface area (Å²) in [6, 6.07) is 6.20. The molecular weight excluding hydrogens is 420 g/mol. The first-order chi connectivity index (χ1) is 15.3. The van der Waals surface area contributed by atoms with Crippen molar-refractivity contribution in [3.8, 4) is 0 Å². The van der Waals surface area contributed by atoms with Gasteiger partial charge in [0.1, 0.15) is 12.6 Å². The Hall–Kier alpha value is -3.18. The molecule has 32 heavy (non-hydrogen) atoms. The summed E-state index contributed by atoms with van der Waals surface area (Å²) in [4.78, 5) is 47.8. The third-order valence-electron chi connectivity index (χ3n) is 4.43. The van der Waals surface area contributed by atoms with E-state index in [2.05, 4.69) is 20.7 Å². The van der Waals surface area contributed by atoms with Crippen LogP contribution < -0.4 is 21.7 Å². The lowest BCUT2D eigenvalue weighted by molar-refractivity contribution is -0.146. The first kappa shape index (κ1) is 26.9. The van der Waals surface area contributed by atoms with Crippen molar-refractivity contribution >= 4 is 23.9 Å². The quantitative estimate of drug-likeness (QED) is 0.198. The van der Waals surface area contributed by atoms with E-state index in [9.17, 15) is 24.3 Å². The van der Waals surface area contributed by atoms with Gasteiger partial charge in [-0.1, -0.05) is 30.3 Å². The van der Waals surface area contributed by atoms with E-state index < -0.39 is 48.6 Å². The summed E-state index contributed by atoms with van der Waals surface area (Å²) >= 11 is 0. The number of carbonyl (C=O) groups excluding carboxylic acids is 4. The van der Waals surface area contributed by atoms with E-state index in [1.807, 2.05) is 30.3 Å². The molecule has 0 spiro atoms. The highest BCUT2D eigenvalue weighted by atomic mass is 16.5. The molecule has 0 aliphatic heterocycles. The van der Waals surface area contributed by atoms with Crippen LogP contribution in [0.4, 0.5) is 4.79 Å². The molecule has 0 radical (unpaired) electrons. The molecule has 0 fully saturated rings. The third kappa shape index (κ3) is 10.2. The lowest BCUT2D eigenvalue weighted by atomic mass is 10.1. The molecule has 0 saturated heterocycles. The number of amides is 3. The summed E-state index contributed by atoms with van der Waals surface area (Å²) in [5.41, 5.74) is 6.41. The van der Waals surface area contributed by atoms with Crippen LogP contribution in [-0.2, 0) is 30.5 Å². The zero-order chi connectivity index (χ0) is 23.9. The van der Waals surface area contributed by atoms with Gasteiger partial charge in [-0.3, -0.25) is 9.59 Å². The van der Waals surface area contributed by atoms with Crippen molar-refractivity contribution < 1.29 is 33.8 Å². The largest absolute Gasteiger partial charge is 0.467 e. The van der Waals surface area contributed by atoms with Gasteiger partial charge in [0.15, 0.2) is 6.04 Å². The Morgan fingerprint density at radius 3 is 2.28 bits per heavy atom. The fourth-order valence-corrected chi connectivity index (χ4v) is 2.60. The van der Waals surface area contributed by atoms with Gasteiger partial charge in [-0.15, -0.1) is 0 Å². The number of esters is 1. The zero-order valence-electron chi connectivity index (χ0n) is 18.3. The summed E-state index contributed by atoms with van der Waals surface area (Å²) in [5.74, 6) is -2.00. The number of aliphatic hydroxyl groups excluding tert-OH is 1. The van der Waals surface area contributed by atoms with Gasteiger partial charge in [0.05, 0.1) is 19.8 Å². The summed E-state index contributed by atoms with van der Waals surface area (Å²) in [5, 5.41) is 16.7. The second kappa shape index (κ2) is 14.8. The van der Waals surface area contributed by atoms with Crippen LogP contribution in [0.15, 0.2) is 30.3 Å². The summed E-state index contributed by atoms with van der Waals surface area (Å²) in [7, 11) is 1.13. The standard InChI is InChI=1S/C21H32N4O7/c1-14(22)18(27)24-16(19(28)25-17(12-26)20(29)31-2)10-6-7-11-23-21(30)32-13-15-8-4-3-5-9-15/h3-5,8-9,14,16-17,26H,6-7,10-13,22H2,1-2H3,(H,23,30)(H,24,27)(H,25,28)/t14-,16-,17-/m0/s1. The number of ether oxygens (including phenoxy) is 2. The van der Waals surface area contributed by atoms with Crippen LogP contribution in [0.2, 0.25) is 0 Å². The van der Waals surface area contributed by atoms with E-state index in [-0.39, 0.29) is 13.0 Å². The average molecular weight is 453 g/mol. The molecular formula is C21H32N4O7. The normalized spacial score (nSPS) is 13.2. The number of nitrogens with one attached hydrogen (secondary N) is 3. The van der Waals surface area contributed by atoms with Crippen molar-refractivity contribution in [2.75, 3.05) is 20.3 Å². The first-order valence-corrected chi connectivity index (χ1v) is 10.3. The van der Waals surface area contributed by atoms with Gasteiger partial charge in [0.25, 0.3) is 0 Å². The minimum atomic E-state index is -1.25. The number of benzene rings is 1. The molecule has 178 valence electrons. The van der Waals surface area contributed by atoms with Crippen molar-refractivity contribution in [2.24, 2.45) is 5.73 Å². The Balaban J connectivity index is 2.46. The zero-order valence-corrected chi connectivity index (χ0v) is 18.3. The highest BCUT2D eigenvalue weighted by Crippen LogP contribution is 2.04. The minimum Gasteiger partial charge on any atom is -0.467 e. The molecule has 0 aromatic heterocycles. The van der Waals surface area contributed by atoms with Crippen molar-refractivity contribution in [1.29, 1.82) is 0 Å². The van der Waals surface area contributed by atoms with Crippen molar-refractivity contribution in [3.63, 3.8) is 0 Å². The summed E-state index contributed by atoms with van der Waals surface area (Å²) in [6.07, 6.45) is 0.652. The third-order valence-corrected chi connectivity index (χ3v) is 4.43. The second-order valence-electron chi connectivity index (χ2n) is 7.10. The Labute approximate surface area is 187 Å². The molecule has 0 unspecified atom stereocenters. The molecule has 3 atom stereocenters. The lowest BCUT2D eigenvalue weighted by Crippen LogP contribution is -2.54. The Morgan fingerprint density at radius 1 is 1.03 bits per heavy atom. The molecule has 6 N–H and O–H groups in total. The Bertz CT molecular complexity index is 743. The molecule has 0 aliphatic carbocycles. The van der Waals surface area contributed by atoms with E-state index in [0.29, 0.717) is 19.4 Å². The lowest BCUT2D eigenvalue weighted by Gasteiger charge is -2.22. The van der Waals surface area contributed by atoms with Gasteiger partial charge in [-0.05, 0) is 31.7 Å². The number of methoxy groups -OCH3 is 1. The molecule has 11 nitrogen and oxygen atoms in total. The molecule has 3 amide bonds. The molecule has 0 bridgehead atoms. The van der Waals surface area contributed by atoms with E-state index in [0.717, 1.165) is 12.7 Å². The van der Waals surface area contributed by atoms with E-state index >= 15 is 0 Å². The number of hydrogen-bond donors (Lipinski definition) is 5. The second-order valence-corrected chi connectivity index (χ2v) is 7.10. The Morgan fingerprint density at radius 2 is 1.69 bits per heavy atom. The van der Waals surface area contributed by atoms with Crippen LogP contribution in [0.3, 0.4) is 0 Å². The summed E-state index contributed by atoms with van der Waals surface area (Å²) in [6.45, 7) is 1.29. The van der Waals surface area contributed by atoms with Crippen LogP contribution in [0.5, 0.6) is 0 Å². The number of rotatable bonds is 13. The highest BCUT2D eigenvalue weighted by Gasteiger charge is 2.27. The van der Waals surface area contributed by atoms with Crippen LogP contribution >= 0.6 is 0 Å².